The molecule has 0 fully saturated rings. The fourth-order valence-corrected chi connectivity index (χ4v) is 4.90. The van der Waals surface area contributed by atoms with E-state index in [0.29, 0.717) is 26.2 Å². The number of hydrogen-bond acceptors (Lipinski definition) is 4. The standard InChI is InChI=1S/C31H32O4/c32-31-20-10-17-27(31)18-19-28(33-21-24-11-4-1-5-12-24)29(34-22-25-13-6-2-7-14-25)30(31)35-23-26-15-8-3-9-16-26/h1-9,11-19,28-30,32H,10,20-23H2/t28-,29+,30-,31+/m1/s1. The zero-order valence-electron chi connectivity index (χ0n) is 19.8. The topological polar surface area (TPSA) is 47.9 Å². The SMILES string of the molecule is O[C@@]12CCC=C1C=C[C@@H](OCc1ccccc1)[C@H](OCc1ccccc1)[C@H]2OCc1ccccc1. The number of allylic oxidation sites excluding steroid dienone is 1. The molecule has 3 aromatic rings. The summed E-state index contributed by atoms with van der Waals surface area (Å²) in [6.45, 7) is 1.24. The van der Waals surface area contributed by atoms with Crippen LogP contribution in [-0.2, 0) is 34.0 Å². The highest BCUT2D eigenvalue weighted by molar-refractivity contribution is 5.38. The molecule has 0 spiro atoms. The van der Waals surface area contributed by atoms with E-state index in [2.05, 4.69) is 18.2 Å². The minimum absolute atomic E-state index is 0.379. The first kappa shape index (κ1) is 23.7. The van der Waals surface area contributed by atoms with Crippen LogP contribution in [0.1, 0.15) is 29.5 Å². The van der Waals surface area contributed by atoms with Gasteiger partial charge in [0.25, 0.3) is 0 Å². The Bertz CT molecular complexity index is 1130. The molecule has 0 bridgehead atoms. The van der Waals surface area contributed by atoms with Crippen molar-refractivity contribution in [3.63, 3.8) is 0 Å². The minimum atomic E-state index is -1.13. The smallest absolute Gasteiger partial charge is 0.120 e. The lowest BCUT2D eigenvalue weighted by Crippen LogP contribution is -2.54. The van der Waals surface area contributed by atoms with Crippen molar-refractivity contribution in [2.24, 2.45) is 0 Å². The molecule has 0 aromatic heterocycles. The lowest BCUT2D eigenvalue weighted by atomic mass is 9.86. The Kier molecular flexibility index (Phi) is 7.55. The maximum absolute atomic E-state index is 11.9. The normalized spacial score (nSPS) is 25.6. The van der Waals surface area contributed by atoms with Crippen molar-refractivity contribution in [1.82, 2.24) is 0 Å². The Balaban J connectivity index is 1.43. The van der Waals surface area contributed by atoms with Gasteiger partial charge in [0.15, 0.2) is 0 Å². The van der Waals surface area contributed by atoms with Crippen molar-refractivity contribution in [2.45, 2.75) is 56.6 Å². The molecule has 4 heteroatoms. The molecule has 2 aliphatic carbocycles. The van der Waals surface area contributed by atoms with Crippen LogP contribution in [-0.4, -0.2) is 29.0 Å². The van der Waals surface area contributed by atoms with Crippen LogP contribution < -0.4 is 0 Å². The summed E-state index contributed by atoms with van der Waals surface area (Å²) in [6.07, 6.45) is 6.06. The zero-order chi connectivity index (χ0) is 23.9. The summed E-state index contributed by atoms with van der Waals surface area (Å²) in [5.41, 5.74) is 2.97. The van der Waals surface area contributed by atoms with Crippen molar-refractivity contribution in [3.8, 4) is 0 Å². The van der Waals surface area contributed by atoms with E-state index in [9.17, 15) is 5.11 Å². The fraction of sp³-hybridized carbons (Fsp3) is 0.290. The molecule has 0 aliphatic heterocycles. The van der Waals surface area contributed by atoms with E-state index in [1.807, 2.05) is 91.0 Å². The van der Waals surface area contributed by atoms with E-state index in [1.54, 1.807) is 0 Å². The van der Waals surface area contributed by atoms with Crippen molar-refractivity contribution in [1.29, 1.82) is 0 Å². The molecule has 0 radical (unpaired) electrons. The van der Waals surface area contributed by atoms with Crippen LogP contribution in [0.5, 0.6) is 0 Å². The van der Waals surface area contributed by atoms with Gasteiger partial charge in [0, 0.05) is 0 Å². The Morgan fingerprint density at radius 3 is 1.77 bits per heavy atom. The third kappa shape index (κ3) is 5.63. The van der Waals surface area contributed by atoms with Gasteiger partial charge in [-0.2, -0.15) is 0 Å². The number of ether oxygens (including phenoxy) is 3. The highest BCUT2D eigenvalue weighted by Crippen LogP contribution is 2.41. The van der Waals surface area contributed by atoms with Gasteiger partial charge in [-0.15, -0.1) is 0 Å². The lowest BCUT2D eigenvalue weighted by molar-refractivity contribution is -0.188. The van der Waals surface area contributed by atoms with E-state index in [0.717, 1.165) is 28.7 Å². The van der Waals surface area contributed by atoms with Crippen LogP contribution in [0.25, 0.3) is 0 Å². The van der Waals surface area contributed by atoms with Crippen LogP contribution in [0.2, 0.25) is 0 Å². The second-order valence-electron chi connectivity index (χ2n) is 9.22. The lowest BCUT2D eigenvalue weighted by Gasteiger charge is -2.39. The molecular weight excluding hydrogens is 436 g/mol. The molecule has 180 valence electrons. The minimum Gasteiger partial charge on any atom is -0.382 e. The van der Waals surface area contributed by atoms with Crippen molar-refractivity contribution < 1.29 is 19.3 Å². The molecule has 3 aromatic carbocycles. The van der Waals surface area contributed by atoms with Gasteiger partial charge < -0.3 is 19.3 Å². The van der Waals surface area contributed by atoms with Crippen molar-refractivity contribution in [2.75, 3.05) is 0 Å². The number of fused-ring (bicyclic) bond motifs is 1. The van der Waals surface area contributed by atoms with Gasteiger partial charge in [-0.25, -0.2) is 0 Å². The van der Waals surface area contributed by atoms with E-state index < -0.39 is 17.8 Å². The quantitative estimate of drug-likeness (QED) is 0.434. The third-order valence-electron chi connectivity index (χ3n) is 6.79. The average Bonchev–Trinajstić information content (AvgIpc) is 3.24. The summed E-state index contributed by atoms with van der Waals surface area (Å²) in [6, 6.07) is 30.3. The first-order chi connectivity index (χ1) is 17.2. The molecule has 4 nitrogen and oxygen atoms in total. The monoisotopic (exact) mass is 468 g/mol. The van der Waals surface area contributed by atoms with Crippen LogP contribution in [0.3, 0.4) is 0 Å². The van der Waals surface area contributed by atoms with Crippen LogP contribution >= 0.6 is 0 Å². The highest BCUT2D eigenvalue weighted by atomic mass is 16.6. The van der Waals surface area contributed by atoms with E-state index in [1.165, 1.54) is 0 Å². The summed E-state index contributed by atoms with van der Waals surface area (Å²) in [4.78, 5) is 0. The molecule has 35 heavy (non-hydrogen) atoms. The van der Waals surface area contributed by atoms with Crippen molar-refractivity contribution >= 4 is 0 Å². The van der Waals surface area contributed by atoms with Gasteiger partial charge in [0.2, 0.25) is 0 Å². The molecule has 0 saturated carbocycles. The summed E-state index contributed by atoms with van der Waals surface area (Å²) in [7, 11) is 0. The number of hydrogen-bond donors (Lipinski definition) is 1. The molecular formula is C31H32O4. The first-order valence-electron chi connectivity index (χ1n) is 12.3. The second-order valence-corrected chi connectivity index (χ2v) is 9.22. The molecule has 5 rings (SSSR count). The summed E-state index contributed by atoms with van der Waals surface area (Å²) in [5.74, 6) is 0. The van der Waals surface area contributed by atoms with Crippen molar-refractivity contribution in [3.05, 3.63) is 131 Å². The Morgan fingerprint density at radius 2 is 1.20 bits per heavy atom. The Hall–Kier alpha value is -3.02. The van der Waals surface area contributed by atoms with E-state index in [-0.39, 0.29) is 6.10 Å². The highest BCUT2D eigenvalue weighted by Gasteiger charge is 2.50. The predicted molar refractivity (Wildman–Crippen MR) is 136 cm³/mol. The Labute approximate surface area is 207 Å². The maximum Gasteiger partial charge on any atom is 0.120 e. The van der Waals surface area contributed by atoms with Crippen LogP contribution in [0, 0.1) is 0 Å². The number of benzene rings is 3. The first-order valence-corrected chi connectivity index (χ1v) is 12.3. The van der Waals surface area contributed by atoms with Gasteiger partial charge in [-0.05, 0) is 35.1 Å². The third-order valence-corrected chi connectivity index (χ3v) is 6.79. The van der Waals surface area contributed by atoms with Gasteiger partial charge in [0.1, 0.15) is 23.9 Å². The fourth-order valence-electron chi connectivity index (χ4n) is 4.90. The van der Waals surface area contributed by atoms with Gasteiger partial charge in [-0.1, -0.05) is 109 Å². The van der Waals surface area contributed by atoms with Gasteiger partial charge in [0.05, 0.1) is 19.8 Å². The van der Waals surface area contributed by atoms with E-state index >= 15 is 0 Å². The summed E-state index contributed by atoms with van der Waals surface area (Å²) in [5, 5.41) is 11.9. The second kappa shape index (κ2) is 11.1. The molecule has 0 amide bonds. The molecule has 1 N–H and O–H groups in total. The average molecular weight is 469 g/mol. The Morgan fingerprint density at radius 1 is 0.686 bits per heavy atom. The van der Waals surface area contributed by atoms with Crippen LogP contribution in [0.15, 0.2) is 115 Å². The number of rotatable bonds is 9. The van der Waals surface area contributed by atoms with Gasteiger partial charge >= 0.3 is 0 Å². The van der Waals surface area contributed by atoms with E-state index in [4.69, 9.17) is 14.2 Å². The summed E-state index contributed by atoms with van der Waals surface area (Å²) >= 11 is 0. The largest absolute Gasteiger partial charge is 0.382 e. The zero-order valence-corrected chi connectivity index (χ0v) is 19.8. The molecule has 0 heterocycles. The molecule has 4 atom stereocenters. The molecule has 0 saturated heterocycles. The predicted octanol–water partition coefficient (Wildman–Crippen LogP) is 5.76. The van der Waals surface area contributed by atoms with Gasteiger partial charge in [-0.3, -0.25) is 0 Å². The summed E-state index contributed by atoms with van der Waals surface area (Å²) < 4.78 is 19.5. The molecule has 2 aliphatic rings. The van der Waals surface area contributed by atoms with Crippen LogP contribution in [0.4, 0.5) is 0 Å². The number of aliphatic hydroxyl groups is 1. The maximum atomic E-state index is 11.9. The molecule has 0 unspecified atom stereocenters.